The van der Waals surface area contributed by atoms with Gasteiger partial charge in [-0.1, -0.05) is 0 Å². The fraction of sp³-hybridized carbons (Fsp3) is 0.357. The van der Waals surface area contributed by atoms with Crippen LogP contribution in [0.1, 0.15) is 12.0 Å². The summed E-state index contributed by atoms with van der Waals surface area (Å²) >= 11 is 0. The van der Waals surface area contributed by atoms with Crippen LogP contribution >= 0.6 is 0 Å². The quantitative estimate of drug-likeness (QED) is 0.923. The van der Waals surface area contributed by atoms with Crippen LogP contribution in [0.2, 0.25) is 0 Å². The van der Waals surface area contributed by atoms with Crippen LogP contribution in [-0.4, -0.2) is 29.6 Å². The summed E-state index contributed by atoms with van der Waals surface area (Å²) in [7, 11) is 1.49. The highest BCUT2D eigenvalue weighted by molar-refractivity contribution is 5.79. The van der Waals surface area contributed by atoms with Gasteiger partial charge in [0.1, 0.15) is 11.5 Å². The lowest BCUT2D eigenvalue weighted by Gasteiger charge is -2.17. The van der Waals surface area contributed by atoms with Gasteiger partial charge in [0.15, 0.2) is 0 Å². The molecule has 0 radical (unpaired) electrons. The highest BCUT2D eigenvalue weighted by Crippen LogP contribution is 2.28. The van der Waals surface area contributed by atoms with Crippen molar-refractivity contribution in [3.8, 4) is 11.5 Å². The highest BCUT2D eigenvalue weighted by Gasteiger charge is 2.29. The molecule has 0 bridgehead atoms. The van der Waals surface area contributed by atoms with Gasteiger partial charge in [0.2, 0.25) is 5.91 Å². The standard InChI is InChI=1S/C14H15F2NO3/c1-20-11-3-2-10(12(18)6-11)8-17-7-9(4-13(15)16)5-14(17)19/h2-4,6,9,18H,5,7-8H2,1H3/t9-/m1/s1. The Bertz CT molecular complexity index is 541. The van der Waals surface area contributed by atoms with E-state index in [4.69, 9.17) is 4.74 Å². The molecule has 108 valence electrons. The van der Waals surface area contributed by atoms with Gasteiger partial charge in [-0.3, -0.25) is 4.79 Å². The lowest BCUT2D eigenvalue weighted by molar-refractivity contribution is -0.128. The number of rotatable bonds is 4. The number of carbonyl (C=O) groups is 1. The molecule has 0 unspecified atom stereocenters. The zero-order valence-corrected chi connectivity index (χ0v) is 11.0. The maximum atomic E-state index is 12.2. The Balaban J connectivity index is 2.07. The highest BCUT2D eigenvalue weighted by atomic mass is 19.3. The molecule has 1 aliphatic heterocycles. The first-order valence-corrected chi connectivity index (χ1v) is 6.16. The van der Waals surface area contributed by atoms with Gasteiger partial charge in [0.25, 0.3) is 6.08 Å². The Labute approximate surface area is 115 Å². The van der Waals surface area contributed by atoms with E-state index in [0.717, 1.165) is 6.08 Å². The van der Waals surface area contributed by atoms with Crippen molar-refractivity contribution < 1.29 is 23.4 Å². The lowest BCUT2D eigenvalue weighted by Crippen LogP contribution is -2.24. The van der Waals surface area contributed by atoms with Crippen molar-refractivity contribution in [1.82, 2.24) is 4.90 Å². The molecule has 1 saturated heterocycles. The number of halogens is 2. The number of benzene rings is 1. The monoisotopic (exact) mass is 283 g/mol. The summed E-state index contributed by atoms with van der Waals surface area (Å²) in [6, 6.07) is 4.78. The number of hydrogen-bond acceptors (Lipinski definition) is 3. The molecular formula is C14H15F2NO3. The summed E-state index contributed by atoms with van der Waals surface area (Å²) in [6.07, 6.45) is -0.878. The van der Waals surface area contributed by atoms with Crippen LogP contribution in [-0.2, 0) is 11.3 Å². The Morgan fingerprint density at radius 2 is 2.30 bits per heavy atom. The van der Waals surface area contributed by atoms with Crippen LogP contribution in [0.4, 0.5) is 8.78 Å². The number of methoxy groups -OCH3 is 1. The van der Waals surface area contributed by atoms with E-state index in [1.54, 1.807) is 12.1 Å². The van der Waals surface area contributed by atoms with Gasteiger partial charge in [0.05, 0.1) is 7.11 Å². The molecule has 20 heavy (non-hydrogen) atoms. The van der Waals surface area contributed by atoms with Crippen molar-refractivity contribution >= 4 is 5.91 Å². The predicted molar refractivity (Wildman–Crippen MR) is 68.5 cm³/mol. The molecule has 4 nitrogen and oxygen atoms in total. The van der Waals surface area contributed by atoms with Crippen LogP contribution in [0.5, 0.6) is 11.5 Å². The van der Waals surface area contributed by atoms with E-state index in [1.807, 2.05) is 0 Å². The third-order valence-corrected chi connectivity index (χ3v) is 3.26. The summed E-state index contributed by atoms with van der Waals surface area (Å²) < 4.78 is 29.4. The van der Waals surface area contributed by atoms with Crippen molar-refractivity contribution in [2.24, 2.45) is 5.92 Å². The fourth-order valence-electron chi connectivity index (χ4n) is 2.26. The van der Waals surface area contributed by atoms with Crippen molar-refractivity contribution in [3.05, 3.63) is 35.9 Å². The number of phenolic OH excluding ortho intramolecular Hbond substituents is 1. The van der Waals surface area contributed by atoms with Crippen molar-refractivity contribution in [2.75, 3.05) is 13.7 Å². The van der Waals surface area contributed by atoms with E-state index in [-0.39, 0.29) is 31.2 Å². The van der Waals surface area contributed by atoms with Crippen LogP contribution in [0, 0.1) is 5.92 Å². The topological polar surface area (TPSA) is 49.8 Å². The molecule has 1 amide bonds. The first-order chi connectivity index (χ1) is 9.49. The SMILES string of the molecule is COc1ccc(CN2C[C@H](C=C(F)F)CC2=O)c(O)c1. The van der Waals surface area contributed by atoms with Crippen molar-refractivity contribution in [1.29, 1.82) is 0 Å². The molecule has 0 aromatic heterocycles. The van der Waals surface area contributed by atoms with Gasteiger partial charge in [-0.25, -0.2) is 0 Å². The Kier molecular flexibility index (Phi) is 4.22. The Morgan fingerprint density at radius 1 is 1.55 bits per heavy atom. The first-order valence-electron chi connectivity index (χ1n) is 6.16. The number of hydrogen-bond donors (Lipinski definition) is 1. The van der Waals surface area contributed by atoms with E-state index in [1.165, 1.54) is 18.1 Å². The zero-order valence-electron chi connectivity index (χ0n) is 11.0. The van der Waals surface area contributed by atoms with Crippen LogP contribution in [0.15, 0.2) is 30.4 Å². The summed E-state index contributed by atoms with van der Waals surface area (Å²) in [5.74, 6) is -0.122. The van der Waals surface area contributed by atoms with E-state index in [9.17, 15) is 18.7 Å². The van der Waals surface area contributed by atoms with Crippen LogP contribution < -0.4 is 4.74 Å². The fourth-order valence-corrected chi connectivity index (χ4v) is 2.26. The number of ether oxygens (including phenoxy) is 1. The summed E-state index contributed by atoms with van der Waals surface area (Å²) in [4.78, 5) is 13.2. The summed E-state index contributed by atoms with van der Waals surface area (Å²) in [5, 5.41) is 9.83. The first kappa shape index (κ1) is 14.3. The Hall–Kier alpha value is -2.11. The van der Waals surface area contributed by atoms with Gasteiger partial charge in [-0.15, -0.1) is 0 Å². The van der Waals surface area contributed by atoms with E-state index in [0.29, 0.717) is 11.3 Å². The summed E-state index contributed by atoms with van der Waals surface area (Å²) in [6.45, 7) is 0.439. The van der Waals surface area contributed by atoms with Gasteiger partial charge in [0, 0.05) is 37.1 Å². The normalized spacial score (nSPS) is 18.2. The summed E-state index contributed by atoms with van der Waals surface area (Å²) in [5.41, 5.74) is 0.560. The number of carbonyl (C=O) groups excluding carboxylic acids is 1. The average molecular weight is 283 g/mol. The number of likely N-dealkylation sites (tertiary alicyclic amines) is 1. The van der Waals surface area contributed by atoms with Crippen molar-refractivity contribution in [3.63, 3.8) is 0 Å². The minimum atomic E-state index is -1.77. The molecule has 1 N–H and O–H groups in total. The minimum absolute atomic E-state index is 0.0211. The molecule has 2 rings (SSSR count). The van der Waals surface area contributed by atoms with Gasteiger partial charge < -0.3 is 14.7 Å². The van der Waals surface area contributed by atoms with Gasteiger partial charge in [-0.2, -0.15) is 8.78 Å². The molecule has 6 heteroatoms. The maximum absolute atomic E-state index is 12.2. The number of phenols is 1. The van der Waals surface area contributed by atoms with E-state index in [2.05, 4.69) is 0 Å². The van der Waals surface area contributed by atoms with E-state index < -0.39 is 12.0 Å². The largest absolute Gasteiger partial charge is 0.507 e. The second-order valence-electron chi connectivity index (χ2n) is 4.69. The molecule has 1 heterocycles. The second-order valence-corrected chi connectivity index (χ2v) is 4.69. The molecule has 0 saturated carbocycles. The third-order valence-electron chi connectivity index (χ3n) is 3.26. The van der Waals surface area contributed by atoms with Crippen LogP contribution in [0.25, 0.3) is 0 Å². The lowest BCUT2D eigenvalue weighted by atomic mass is 10.1. The molecule has 1 atom stereocenters. The molecule has 0 aliphatic carbocycles. The number of nitrogens with zero attached hydrogens (tertiary/aromatic N) is 1. The predicted octanol–water partition coefficient (Wildman–Crippen LogP) is 2.53. The molecule has 0 spiro atoms. The zero-order chi connectivity index (χ0) is 14.7. The Morgan fingerprint density at radius 3 is 2.90 bits per heavy atom. The molecule has 1 aromatic rings. The van der Waals surface area contributed by atoms with Crippen LogP contribution in [0.3, 0.4) is 0 Å². The molecule has 1 aromatic carbocycles. The van der Waals surface area contributed by atoms with Gasteiger partial charge >= 0.3 is 0 Å². The van der Waals surface area contributed by atoms with Crippen molar-refractivity contribution in [2.45, 2.75) is 13.0 Å². The van der Waals surface area contributed by atoms with Gasteiger partial charge in [-0.05, 0) is 18.2 Å². The third kappa shape index (κ3) is 3.26. The average Bonchev–Trinajstić information content (AvgIpc) is 2.71. The number of aromatic hydroxyl groups is 1. The minimum Gasteiger partial charge on any atom is -0.507 e. The smallest absolute Gasteiger partial charge is 0.266 e. The second kappa shape index (κ2) is 5.90. The molecule has 1 aliphatic rings. The number of amides is 1. The molecule has 1 fully saturated rings. The van der Waals surface area contributed by atoms with E-state index >= 15 is 0 Å². The maximum Gasteiger partial charge on any atom is 0.266 e. The molecular weight excluding hydrogens is 268 g/mol.